The summed E-state index contributed by atoms with van der Waals surface area (Å²) in [6.07, 6.45) is 0. The number of carboxylic acids is 1. The lowest BCUT2D eigenvalue weighted by atomic mass is 10.1. The Hall–Kier alpha value is -1.10. The van der Waals surface area contributed by atoms with E-state index in [0.717, 1.165) is 14.0 Å². The first-order valence-corrected chi connectivity index (χ1v) is 3.44. The average Bonchev–Trinajstić information content (AvgIpc) is 2.03. The van der Waals surface area contributed by atoms with Crippen LogP contribution in [0.4, 0.5) is 0 Å². The van der Waals surface area contributed by atoms with Gasteiger partial charge < -0.3 is 14.6 Å². The number of hydrogen-bond acceptors (Lipinski definition) is 4. The van der Waals surface area contributed by atoms with Gasteiger partial charge in [0, 0.05) is 7.11 Å². The zero-order chi connectivity index (χ0) is 9.78. The summed E-state index contributed by atoms with van der Waals surface area (Å²) in [6, 6.07) is 0. The van der Waals surface area contributed by atoms with Gasteiger partial charge in [-0.05, 0) is 13.8 Å². The lowest BCUT2D eigenvalue weighted by molar-refractivity contribution is -0.181. The second-order valence-corrected chi connectivity index (χ2v) is 2.26. The highest BCUT2D eigenvalue weighted by atomic mass is 16.6. The molecule has 0 aromatic heterocycles. The van der Waals surface area contributed by atoms with E-state index in [0.29, 0.717) is 0 Å². The number of aliphatic carboxylic acids is 1. The largest absolute Gasteiger partial charge is 0.479 e. The van der Waals surface area contributed by atoms with Gasteiger partial charge in [-0.25, -0.2) is 9.59 Å². The number of carbonyl (C=O) groups excluding carboxylic acids is 1. The quantitative estimate of drug-likeness (QED) is 0.483. The van der Waals surface area contributed by atoms with Crippen molar-refractivity contribution in [1.82, 2.24) is 0 Å². The predicted molar refractivity (Wildman–Crippen MR) is 39.7 cm³/mol. The minimum absolute atomic E-state index is 0.130. The fourth-order valence-electron chi connectivity index (χ4n) is 0.527. The van der Waals surface area contributed by atoms with E-state index in [9.17, 15) is 9.59 Å². The number of esters is 1. The Kier molecular flexibility index (Phi) is 3.69. The zero-order valence-corrected chi connectivity index (χ0v) is 7.29. The lowest BCUT2D eigenvalue weighted by Gasteiger charge is -2.20. The summed E-state index contributed by atoms with van der Waals surface area (Å²) in [6.45, 7) is 2.87. The Morgan fingerprint density at radius 3 is 2.25 bits per heavy atom. The smallest absolute Gasteiger partial charge is 0.349 e. The SMILES string of the molecule is CCOC(=O)C(C)(OC)C(=O)O. The third kappa shape index (κ3) is 1.94. The molecule has 0 aliphatic carbocycles. The highest BCUT2D eigenvalue weighted by Crippen LogP contribution is 2.11. The normalized spacial score (nSPS) is 14.9. The maximum Gasteiger partial charge on any atom is 0.349 e. The first-order chi connectivity index (χ1) is 5.49. The third-order valence-corrected chi connectivity index (χ3v) is 1.48. The molecule has 0 aliphatic rings. The Morgan fingerprint density at radius 2 is 2.00 bits per heavy atom. The minimum atomic E-state index is -1.89. The summed E-state index contributed by atoms with van der Waals surface area (Å²) >= 11 is 0. The Labute approximate surface area is 70.3 Å². The molecule has 0 saturated carbocycles. The van der Waals surface area contributed by atoms with Crippen molar-refractivity contribution < 1.29 is 24.2 Å². The number of hydrogen-bond donors (Lipinski definition) is 1. The summed E-state index contributed by atoms with van der Waals surface area (Å²) < 4.78 is 9.05. The van der Waals surface area contributed by atoms with E-state index >= 15 is 0 Å². The average molecular weight is 176 g/mol. The van der Waals surface area contributed by atoms with E-state index < -0.39 is 17.5 Å². The van der Waals surface area contributed by atoms with Crippen LogP contribution in [0.15, 0.2) is 0 Å². The maximum atomic E-state index is 11.0. The summed E-state index contributed by atoms with van der Waals surface area (Å²) in [4.78, 5) is 21.6. The molecule has 5 heteroatoms. The first kappa shape index (κ1) is 10.9. The Bertz CT molecular complexity index is 188. The fraction of sp³-hybridized carbons (Fsp3) is 0.714. The van der Waals surface area contributed by atoms with Gasteiger partial charge in [-0.3, -0.25) is 0 Å². The van der Waals surface area contributed by atoms with Crippen LogP contribution in [0, 0.1) is 0 Å². The van der Waals surface area contributed by atoms with Crippen LogP contribution in [0.1, 0.15) is 13.8 Å². The van der Waals surface area contributed by atoms with E-state index in [2.05, 4.69) is 9.47 Å². The maximum absolute atomic E-state index is 11.0. The van der Waals surface area contributed by atoms with E-state index in [1.165, 1.54) is 0 Å². The van der Waals surface area contributed by atoms with Crippen LogP contribution in [-0.2, 0) is 19.1 Å². The van der Waals surface area contributed by atoms with Crippen LogP contribution < -0.4 is 0 Å². The molecule has 12 heavy (non-hydrogen) atoms. The molecule has 0 heterocycles. The molecule has 0 aromatic carbocycles. The zero-order valence-electron chi connectivity index (χ0n) is 7.29. The second kappa shape index (κ2) is 4.06. The molecule has 5 nitrogen and oxygen atoms in total. The number of carboxylic acid groups (broad SMARTS) is 1. The van der Waals surface area contributed by atoms with Crippen molar-refractivity contribution in [2.75, 3.05) is 13.7 Å². The minimum Gasteiger partial charge on any atom is -0.479 e. The van der Waals surface area contributed by atoms with Crippen LogP contribution in [0.5, 0.6) is 0 Å². The van der Waals surface area contributed by atoms with Crippen molar-refractivity contribution in [3.05, 3.63) is 0 Å². The summed E-state index contributed by atoms with van der Waals surface area (Å²) in [5.74, 6) is -2.25. The molecule has 0 aliphatic heterocycles. The van der Waals surface area contributed by atoms with Crippen molar-refractivity contribution >= 4 is 11.9 Å². The highest BCUT2D eigenvalue weighted by molar-refractivity contribution is 6.02. The van der Waals surface area contributed by atoms with Crippen LogP contribution in [0.25, 0.3) is 0 Å². The Balaban J connectivity index is 4.52. The van der Waals surface area contributed by atoms with E-state index in [1.807, 2.05) is 0 Å². The lowest BCUT2D eigenvalue weighted by Crippen LogP contribution is -2.46. The molecule has 0 saturated heterocycles. The van der Waals surface area contributed by atoms with Crippen molar-refractivity contribution in [1.29, 1.82) is 0 Å². The molecule has 0 aromatic rings. The van der Waals surface area contributed by atoms with Gasteiger partial charge in [-0.1, -0.05) is 0 Å². The molecule has 0 amide bonds. The number of carbonyl (C=O) groups is 2. The summed E-state index contributed by atoms with van der Waals surface area (Å²) in [5.41, 5.74) is -1.89. The monoisotopic (exact) mass is 176 g/mol. The molecule has 0 spiro atoms. The van der Waals surface area contributed by atoms with Gasteiger partial charge in [0.1, 0.15) is 0 Å². The van der Waals surface area contributed by atoms with Gasteiger partial charge in [0.25, 0.3) is 5.60 Å². The molecule has 70 valence electrons. The van der Waals surface area contributed by atoms with Crippen LogP contribution in [-0.4, -0.2) is 36.4 Å². The van der Waals surface area contributed by atoms with Crippen LogP contribution in [0.3, 0.4) is 0 Å². The van der Waals surface area contributed by atoms with Gasteiger partial charge in [-0.2, -0.15) is 0 Å². The van der Waals surface area contributed by atoms with Crippen molar-refractivity contribution in [2.24, 2.45) is 0 Å². The molecule has 0 fully saturated rings. The van der Waals surface area contributed by atoms with Crippen molar-refractivity contribution in [3.8, 4) is 0 Å². The van der Waals surface area contributed by atoms with E-state index in [1.54, 1.807) is 6.92 Å². The molecule has 0 bridgehead atoms. The van der Waals surface area contributed by atoms with Gasteiger partial charge in [0.05, 0.1) is 6.61 Å². The van der Waals surface area contributed by atoms with Gasteiger partial charge in [0.15, 0.2) is 0 Å². The number of rotatable bonds is 4. The second-order valence-electron chi connectivity index (χ2n) is 2.26. The molecule has 1 unspecified atom stereocenters. The molecule has 1 atom stereocenters. The molecule has 0 radical (unpaired) electrons. The van der Waals surface area contributed by atoms with Gasteiger partial charge in [-0.15, -0.1) is 0 Å². The molecular formula is C7H12O5. The number of methoxy groups -OCH3 is 1. The van der Waals surface area contributed by atoms with Gasteiger partial charge in [0.2, 0.25) is 0 Å². The number of ether oxygens (including phenoxy) is 2. The predicted octanol–water partition coefficient (Wildman–Crippen LogP) is 0.0392. The van der Waals surface area contributed by atoms with Gasteiger partial charge >= 0.3 is 11.9 Å². The standard InChI is InChI=1S/C7H12O5/c1-4-12-6(10)7(2,11-3)5(8)9/h4H2,1-3H3,(H,8,9). The van der Waals surface area contributed by atoms with Crippen molar-refractivity contribution in [3.63, 3.8) is 0 Å². The Morgan fingerprint density at radius 1 is 1.50 bits per heavy atom. The van der Waals surface area contributed by atoms with E-state index in [-0.39, 0.29) is 6.61 Å². The molecule has 0 rings (SSSR count). The van der Waals surface area contributed by atoms with Crippen LogP contribution >= 0.6 is 0 Å². The van der Waals surface area contributed by atoms with Crippen LogP contribution in [0.2, 0.25) is 0 Å². The molecule has 1 N–H and O–H groups in total. The summed E-state index contributed by atoms with van der Waals surface area (Å²) in [5, 5.41) is 8.60. The first-order valence-electron chi connectivity index (χ1n) is 3.44. The summed E-state index contributed by atoms with van der Waals surface area (Å²) in [7, 11) is 1.14. The highest BCUT2D eigenvalue weighted by Gasteiger charge is 2.43. The topological polar surface area (TPSA) is 72.8 Å². The molecular weight excluding hydrogens is 164 g/mol. The third-order valence-electron chi connectivity index (χ3n) is 1.48. The van der Waals surface area contributed by atoms with E-state index in [4.69, 9.17) is 5.11 Å². The van der Waals surface area contributed by atoms with Crippen molar-refractivity contribution in [2.45, 2.75) is 19.4 Å². The fourth-order valence-corrected chi connectivity index (χ4v) is 0.527.